The number of hydrogen-bond acceptors (Lipinski definition) is 4. The van der Waals surface area contributed by atoms with Gasteiger partial charge >= 0.3 is 0 Å². The van der Waals surface area contributed by atoms with E-state index in [4.69, 9.17) is 4.74 Å². The zero-order valence-corrected chi connectivity index (χ0v) is 16.5. The number of methoxy groups -OCH3 is 1. The van der Waals surface area contributed by atoms with E-state index in [1.165, 1.54) is 6.92 Å². The summed E-state index contributed by atoms with van der Waals surface area (Å²) in [5.74, 6) is -0.782. The molecule has 0 radical (unpaired) electrons. The second-order valence-corrected chi connectivity index (χ2v) is 7.92. The van der Waals surface area contributed by atoms with Crippen molar-refractivity contribution in [2.45, 2.75) is 22.6 Å². The molecule has 1 aliphatic heterocycles. The fraction of sp³-hybridized carbons (Fsp3) is 0.167. The Morgan fingerprint density at radius 2 is 1.50 bits per heavy atom. The number of hydrogen-bond donors (Lipinski definition) is 0. The summed E-state index contributed by atoms with van der Waals surface area (Å²) in [6.45, 7) is 1.51. The van der Waals surface area contributed by atoms with Crippen LogP contribution in [0.3, 0.4) is 0 Å². The molecule has 1 atom stereocenters. The highest BCUT2D eigenvalue weighted by atomic mass is 32.2. The zero-order valence-electron chi connectivity index (χ0n) is 15.7. The molecule has 0 aromatic heterocycles. The summed E-state index contributed by atoms with van der Waals surface area (Å²) in [5, 5.41) is 0. The minimum Gasteiger partial charge on any atom is -0.497 e. The fourth-order valence-corrected chi connectivity index (χ4v) is 4.99. The first kappa shape index (κ1) is 18.5. The predicted molar refractivity (Wildman–Crippen MR) is 110 cm³/mol. The highest BCUT2D eigenvalue weighted by Gasteiger charge is 2.39. The van der Waals surface area contributed by atoms with Crippen molar-refractivity contribution in [2.24, 2.45) is 5.92 Å². The fourth-order valence-electron chi connectivity index (χ4n) is 3.83. The van der Waals surface area contributed by atoms with Crippen molar-refractivity contribution in [3.05, 3.63) is 89.5 Å². The minimum atomic E-state index is -0.782. The van der Waals surface area contributed by atoms with Crippen molar-refractivity contribution in [3.63, 3.8) is 0 Å². The Bertz CT molecular complexity index is 1010. The number of rotatable bonds is 5. The molecule has 3 aromatic rings. The van der Waals surface area contributed by atoms with E-state index in [1.807, 2.05) is 36.4 Å². The van der Waals surface area contributed by atoms with E-state index < -0.39 is 5.92 Å². The van der Waals surface area contributed by atoms with Crippen LogP contribution >= 0.6 is 11.8 Å². The Morgan fingerprint density at radius 3 is 2.07 bits per heavy atom. The molecule has 4 heteroatoms. The van der Waals surface area contributed by atoms with Gasteiger partial charge in [0.15, 0.2) is 5.78 Å². The Morgan fingerprint density at radius 1 is 0.893 bits per heavy atom. The van der Waals surface area contributed by atoms with Crippen LogP contribution in [0.2, 0.25) is 0 Å². The smallest absolute Gasteiger partial charge is 0.174 e. The molecule has 0 saturated carbocycles. The number of ketones is 2. The van der Waals surface area contributed by atoms with Gasteiger partial charge in [-0.1, -0.05) is 60.3 Å². The topological polar surface area (TPSA) is 43.4 Å². The molecule has 3 aromatic carbocycles. The monoisotopic (exact) mass is 388 g/mol. The lowest BCUT2D eigenvalue weighted by Crippen LogP contribution is -2.31. The number of carbonyl (C=O) groups excluding carboxylic acids is 2. The van der Waals surface area contributed by atoms with Gasteiger partial charge in [-0.3, -0.25) is 9.59 Å². The first-order valence-electron chi connectivity index (χ1n) is 9.14. The maximum Gasteiger partial charge on any atom is 0.174 e. The average Bonchev–Trinajstić information content (AvgIpc) is 2.73. The van der Waals surface area contributed by atoms with Crippen LogP contribution in [-0.2, 0) is 4.79 Å². The van der Waals surface area contributed by atoms with Gasteiger partial charge in [-0.05, 0) is 42.3 Å². The molecule has 0 bridgehead atoms. The van der Waals surface area contributed by atoms with Crippen molar-refractivity contribution in [1.29, 1.82) is 0 Å². The van der Waals surface area contributed by atoms with Gasteiger partial charge in [0.25, 0.3) is 0 Å². The molecule has 140 valence electrons. The van der Waals surface area contributed by atoms with Gasteiger partial charge in [-0.25, -0.2) is 0 Å². The molecule has 4 rings (SSSR count). The van der Waals surface area contributed by atoms with Gasteiger partial charge in [-0.15, -0.1) is 0 Å². The zero-order chi connectivity index (χ0) is 19.7. The molecule has 0 fully saturated rings. The Hall–Kier alpha value is -2.85. The van der Waals surface area contributed by atoms with Crippen molar-refractivity contribution in [1.82, 2.24) is 0 Å². The van der Waals surface area contributed by atoms with E-state index in [2.05, 4.69) is 12.1 Å². The maximum absolute atomic E-state index is 13.5. The van der Waals surface area contributed by atoms with Gasteiger partial charge in [0.05, 0.1) is 13.0 Å². The summed E-state index contributed by atoms with van der Waals surface area (Å²) in [6, 6.07) is 23.1. The number of fused-ring (bicyclic) bond motifs is 2. The normalized spacial score (nSPS) is 13.9. The summed E-state index contributed by atoms with van der Waals surface area (Å²) < 4.78 is 5.26. The third kappa shape index (κ3) is 3.25. The van der Waals surface area contributed by atoms with Crippen LogP contribution in [0.25, 0.3) is 0 Å². The van der Waals surface area contributed by atoms with E-state index in [1.54, 1.807) is 43.1 Å². The minimum absolute atomic E-state index is 0.130. The molecule has 0 aliphatic carbocycles. The molecule has 0 spiro atoms. The van der Waals surface area contributed by atoms with Crippen LogP contribution in [0.4, 0.5) is 0 Å². The molecule has 1 unspecified atom stereocenters. The predicted octanol–water partition coefficient (Wildman–Crippen LogP) is 5.38. The molecule has 1 heterocycles. The van der Waals surface area contributed by atoms with Gasteiger partial charge < -0.3 is 4.74 Å². The molecule has 0 amide bonds. The second-order valence-electron chi connectivity index (χ2n) is 6.84. The van der Waals surface area contributed by atoms with Gasteiger partial charge in [0.1, 0.15) is 11.5 Å². The van der Waals surface area contributed by atoms with E-state index in [0.717, 1.165) is 20.9 Å². The number of benzene rings is 3. The second kappa shape index (κ2) is 7.64. The summed E-state index contributed by atoms with van der Waals surface area (Å²) in [4.78, 5) is 28.5. The summed E-state index contributed by atoms with van der Waals surface area (Å²) in [5.41, 5.74) is 2.55. The molecular formula is C24H20O3S. The van der Waals surface area contributed by atoms with Crippen LogP contribution in [-0.4, -0.2) is 18.7 Å². The largest absolute Gasteiger partial charge is 0.497 e. The molecule has 0 N–H and O–H groups in total. The Labute approximate surface area is 168 Å². The molecular weight excluding hydrogens is 368 g/mol. The Kier molecular flexibility index (Phi) is 5.05. The third-order valence-electron chi connectivity index (χ3n) is 5.14. The Balaban J connectivity index is 1.86. The van der Waals surface area contributed by atoms with Crippen LogP contribution < -0.4 is 4.74 Å². The van der Waals surface area contributed by atoms with Gasteiger partial charge in [-0.2, -0.15) is 0 Å². The van der Waals surface area contributed by atoms with E-state index in [-0.39, 0.29) is 17.5 Å². The lowest BCUT2D eigenvalue weighted by Gasteiger charge is -2.32. The number of ether oxygens (including phenoxy) is 1. The first-order chi connectivity index (χ1) is 13.6. The van der Waals surface area contributed by atoms with Crippen LogP contribution in [0.1, 0.15) is 34.3 Å². The standard InChI is InChI=1S/C24H20O3S/c1-15(25)22(24(26)16-8-7-9-17(14-16)27-2)23-18-10-3-5-12-20(18)28-21-13-6-4-11-19(21)23/h3-14,22-23H,1-2H3. The average molecular weight is 388 g/mol. The third-order valence-corrected chi connectivity index (χ3v) is 6.32. The summed E-state index contributed by atoms with van der Waals surface area (Å²) >= 11 is 1.69. The van der Waals surface area contributed by atoms with Crippen molar-refractivity contribution in [3.8, 4) is 5.75 Å². The van der Waals surface area contributed by atoms with Crippen molar-refractivity contribution < 1.29 is 14.3 Å². The highest BCUT2D eigenvalue weighted by molar-refractivity contribution is 7.99. The van der Waals surface area contributed by atoms with E-state index in [9.17, 15) is 9.59 Å². The number of Topliss-reactive ketones (excluding diaryl/α,β-unsaturated/α-hetero) is 2. The molecule has 1 aliphatic rings. The molecule has 28 heavy (non-hydrogen) atoms. The lowest BCUT2D eigenvalue weighted by atomic mass is 9.75. The quantitative estimate of drug-likeness (QED) is 0.435. The number of carbonyl (C=O) groups is 2. The van der Waals surface area contributed by atoms with Crippen LogP contribution in [0.15, 0.2) is 82.6 Å². The van der Waals surface area contributed by atoms with Crippen molar-refractivity contribution in [2.75, 3.05) is 7.11 Å². The van der Waals surface area contributed by atoms with Gasteiger partial charge in [0, 0.05) is 21.3 Å². The summed E-state index contributed by atoms with van der Waals surface area (Å²) in [7, 11) is 1.57. The van der Waals surface area contributed by atoms with Crippen molar-refractivity contribution >= 4 is 23.3 Å². The van der Waals surface area contributed by atoms with Crippen LogP contribution in [0, 0.1) is 5.92 Å². The van der Waals surface area contributed by atoms with Crippen LogP contribution in [0.5, 0.6) is 5.75 Å². The van der Waals surface area contributed by atoms with E-state index in [0.29, 0.717) is 11.3 Å². The highest BCUT2D eigenvalue weighted by Crippen LogP contribution is 2.49. The maximum atomic E-state index is 13.5. The SMILES string of the molecule is COc1cccc(C(=O)C(C(C)=O)C2c3ccccc3Sc3ccccc32)c1. The first-order valence-corrected chi connectivity index (χ1v) is 9.96. The summed E-state index contributed by atoms with van der Waals surface area (Å²) in [6.07, 6.45) is 0. The molecule has 3 nitrogen and oxygen atoms in total. The van der Waals surface area contributed by atoms with E-state index >= 15 is 0 Å². The molecule has 0 saturated heterocycles. The van der Waals surface area contributed by atoms with Gasteiger partial charge in [0.2, 0.25) is 0 Å². The lowest BCUT2D eigenvalue weighted by molar-refractivity contribution is -0.119.